The number of carboxylic acid groups (broad SMARTS) is 1. The van der Waals surface area contributed by atoms with Crippen LogP contribution in [0.2, 0.25) is 0 Å². The molecule has 0 radical (unpaired) electrons. The third-order valence-electron chi connectivity index (χ3n) is 7.20. The molecule has 5 aromatic rings. The SMILES string of the molecule is Cc1[nH]nc2c1c(C1CCC(CC(=O)O)CC1)nc1c(-c3ccc(-c4ccccc4)nc3)cnn12. The molecule has 1 aromatic carbocycles. The molecule has 1 saturated carbocycles. The van der Waals surface area contributed by atoms with E-state index in [0.29, 0.717) is 0 Å². The minimum absolute atomic E-state index is 0.244. The third-order valence-corrected chi connectivity index (χ3v) is 7.20. The summed E-state index contributed by atoms with van der Waals surface area (Å²) >= 11 is 0. The van der Waals surface area contributed by atoms with Gasteiger partial charge in [-0.1, -0.05) is 36.4 Å². The van der Waals surface area contributed by atoms with Crippen molar-refractivity contribution >= 4 is 22.6 Å². The van der Waals surface area contributed by atoms with Gasteiger partial charge < -0.3 is 5.11 Å². The van der Waals surface area contributed by atoms with Crippen LogP contribution in [-0.2, 0) is 4.79 Å². The van der Waals surface area contributed by atoms with Crippen LogP contribution in [0.25, 0.3) is 39.1 Å². The van der Waals surface area contributed by atoms with Gasteiger partial charge in [0.2, 0.25) is 0 Å². The molecule has 0 spiro atoms. The van der Waals surface area contributed by atoms with Crippen LogP contribution >= 0.6 is 0 Å². The maximum Gasteiger partial charge on any atom is 0.303 e. The first-order chi connectivity index (χ1) is 17.1. The van der Waals surface area contributed by atoms with E-state index < -0.39 is 5.97 Å². The minimum Gasteiger partial charge on any atom is -0.481 e. The summed E-state index contributed by atoms with van der Waals surface area (Å²) in [7, 11) is 0. The molecule has 6 rings (SSSR count). The smallest absolute Gasteiger partial charge is 0.303 e. The van der Waals surface area contributed by atoms with E-state index >= 15 is 0 Å². The Hall–Kier alpha value is -4.07. The second-order valence-electron chi connectivity index (χ2n) is 9.45. The Bertz CT molecular complexity index is 1510. The van der Waals surface area contributed by atoms with E-state index in [1.165, 1.54) is 0 Å². The molecule has 1 aliphatic carbocycles. The number of nitrogens with zero attached hydrogens (tertiary/aromatic N) is 5. The summed E-state index contributed by atoms with van der Waals surface area (Å²) in [6.45, 7) is 2.01. The summed E-state index contributed by atoms with van der Waals surface area (Å²) in [5.74, 6) is -0.199. The molecule has 0 aliphatic heterocycles. The van der Waals surface area contributed by atoms with Crippen molar-refractivity contribution in [2.75, 3.05) is 0 Å². The highest BCUT2D eigenvalue weighted by molar-refractivity contribution is 5.87. The van der Waals surface area contributed by atoms with Gasteiger partial charge >= 0.3 is 5.97 Å². The van der Waals surface area contributed by atoms with Crippen LogP contribution in [0.15, 0.2) is 54.9 Å². The Morgan fingerprint density at radius 3 is 2.54 bits per heavy atom. The fourth-order valence-electron chi connectivity index (χ4n) is 5.37. The predicted molar refractivity (Wildman–Crippen MR) is 133 cm³/mol. The molecule has 4 aromatic heterocycles. The first-order valence-electron chi connectivity index (χ1n) is 12.0. The molecule has 4 heterocycles. The van der Waals surface area contributed by atoms with Crippen LogP contribution in [-0.4, -0.2) is 40.9 Å². The molecular formula is C27H26N6O2. The second kappa shape index (κ2) is 8.61. The molecule has 0 bridgehead atoms. The molecule has 0 saturated heterocycles. The lowest BCUT2D eigenvalue weighted by molar-refractivity contribution is -0.138. The van der Waals surface area contributed by atoms with Gasteiger partial charge in [0.1, 0.15) is 0 Å². The van der Waals surface area contributed by atoms with E-state index in [4.69, 9.17) is 4.98 Å². The van der Waals surface area contributed by atoms with Crippen LogP contribution < -0.4 is 0 Å². The van der Waals surface area contributed by atoms with E-state index in [1.807, 2.05) is 55.7 Å². The van der Waals surface area contributed by atoms with Crippen molar-refractivity contribution in [3.05, 3.63) is 66.2 Å². The molecule has 8 heteroatoms. The number of fused-ring (bicyclic) bond motifs is 3. The lowest BCUT2D eigenvalue weighted by Gasteiger charge is -2.27. The summed E-state index contributed by atoms with van der Waals surface area (Å²) in [6, 6.07) is 14.2. The minimum atomic E-state index is -0.711. The zero-order chi connectivity index (χ0) is 23.9. The number of aryl methyl sites for hydroxylation is 1. The van der Waals surface area contributed by atoms with Crippen LogP contribution in [0.1, 0.15) is 49.4 Å². The van der Waals surface area contributed by atoms with Gasteiger partial charge in [0.15, 0.2) is 11.3 Å². The Morgan fingerprint density at radius 2 is 1.83 bits per heavy atom. The molecule has 8 nitrogen and oxygen atoms in total. The Morgan fingerprint density at radius 1 is 1.03 bits per heavy atom. The number of benzene rings is 1. The van der Waals surface area contributed by atoms with Crippen molar-refractivity contribution < 1.29 is 9.90 Å². The first-order valence-corrected chi connectivity index (χ1v) is 12.0. The van der Waals surface area contributed by atoms with Gasteiger partial charge in [0.05, 0.1) is 23.0 Å². The number of hydrogen-bond donors (Lipinski definition) is 2. The molecule has 1 aliphatic rings. The number of aromatic nitrogens is 6. The molecule has 0 unspecified atom stereocenters. The lowest BCUT2D eigenvalue weighted by atomic mass is 9.78. The topological polar surface area (TPSA) is 109 Å². The molecular weight excluding hydrogens is 440 g/mol. The van der Waals surface area contributed by atoms with E-state index in [1.54, 1.807) is 4.52 Å². The van der Waals surface area contributed by atoms with Gasteiger partial charge in [0, 0.05) is 40.9 Å². The normalized spacial score (nSPS) is 18.3. The number of rotatable bonds is 5. The van der Waals surface area contributed by atoms with Crippen molar-refractivity contribution in [3.8, 4) is 22.4 Å². The van der Waals surface area contributed by atoms with Crippen LogP contribution in [0.3, 0.4) is 0 Å². The zero-order valence-electron chi connectivity index (χ0n) is 19.5. The standard InChI is InChI=1S/C27H26N6O2/c1-16-24-25(19-9-7-17(8-10-19)13-23(34)35)30-26-21(15-29-33(26)27(24)32-31-16)20-11-12-22(28-14-20)18-5-3-2-4-6-18/h2-6,11-12,14-15,17,19H,7-10,13H2,1H3,(H,31,32)(H,34,35). The van der Waals surface area contributed by atoms with Crippen molar-refractivity contribution in [2.45, 2.75) is 44.9 Å². The summed E-state index contributed by atoms with van der Waals surface area (Å²) in [6.07, 6.45) is 7.61. The molecule has 1 fully saturated rings. The van der Waals surface area contributed by atoms with Crippen LogP contribution in [0.4, 0.5) is 0 Å². The van der Waals surface area contributed by atoms with E-state index in [0.717, 1.165) is 76.1 Å². The fraction of sp³-hybridized carbons (Fsp3) is 0.296. The van der Waals surface area contributed by atoms with Crippen molar-refractivity contribution in [1.82, 2.24) is 29.8 Å². The average Bonchev–Trinajstić information content (AvgIpc) is 3.48. The van der Waals surface area contributed by atoms with Crippen LogP contribution in [0, 0.1) is 12.8 Å². The van der Waals surface area contributed by atoms with Gasteiger partial charge in [-0.15, -0.1) is 0 Å². The maximum absolute atomic E-state index is 11.2. The number of carbonyl (C=O) groups is 1. The lowest BCUT2D eigenvalue weighted by Crippen LogP contribution is -2.17. The Balaban J connectivity index is 1.40. The van der Waals surface area contributed by atoms with Crippen molar-refractivity contribution in [3.63, 3.8) is 0 Å². The van der Waals surface area contributed by atoms with E-state index in [9.17, 15) is 9.90 Å². The molecule has 176 valence electrons. The largest absolute Gasteiger partial charge is 0.481 e. The van der Waals surface area contributed by atoms with Crippen molar-refractivity contribution in [2.24, 2.45) is 5.92 Å². The Labute approximate surface area is 202 Å². The summed E-state index contributed by atoms with van der Waals surface area (Å²) in [4.78, 5) is 21.0. The Kier molecular flexibility index (Phi) is 5.28. The van der Waals surface area contributed by atoms with E-state index in [-0.39, 0.29) is 18.3 Å². The average molecular weight is 467 g/mol. The van der Waals surface area contributed by atoms with Gasteiger partial charge in [-0.3, -0.25) is 14.9 Å². The number of aliphatic carboxylic acids is 1. The highest BCUT2D eigenvalue weighted by atomic mass is 16.4. The molecule has 0 amide bonds. The highest BCUT2D eigenvalue weighted by Crippen LogP contribution is 2.40. The maximum atomic E-state index is 11.2. The predicted octanol–water partition coefficient (Wildman–Crippen LogP) is 5.39. The van der Waals surface area contributed by atoms with Gasteiger partial charge in [-0.25, -0.2) is 4.98 Å². The number of H-pyrrole nitrogens is 1. The van der Waals surface area contributed by atoms with Gasteiger partial charge in [-0.05, 0) is 44.6 Å². The fourth-order valence-corrected chi connectivity index (χ4v) is 5.37. The number of aromatic amines is 1. The summed E-state index contributed by atoms with van der Waals surface area (Å²) in [5.41, 5.74) is 7.41. The van der Waals surface area contributed by atoms with Crippen LogP contribution in [0.5, 0.6) is 0 Å². The molecule has 35 heavy (non-hydrogen) atoms. The summed E-state index contributed by atoms with van der Waals surface area (Å²) < 4.78 is 1.80. The highest BCUT2D eigenvalue weighted by Gasteiger charge is 2.28. The number of nitrogens with one attached hydrogen (secondary N) is 1. The van der Waals surface area contributed by atoms with Gasteiger partial charge in [0.25, 0.3) is 0 Å². The number of carboxylic acids is 1. The van der Waals surface area contributed by atoms with Gasteiger partial charge in [-0.2, -0.15) is 14.7 Å². The second-order valence-corrected chi connectivity index (χ2v) is 9.45. The first kappa shape index (κ1) is 21.5. The molecule has 2 N–H and O–H groups in total. The monoisotopic (exact) mass is 466 g/mol. The van der Waals surface area contributed by atoms with Crippen molar-refractivity contribution in [1.29, 1.82) is 0 Å². The quantitative estimate of drug-likeness (QED) is 0.359. The third kappa shape index (κ3) is 3.84. The zero-order valence-corrected chi connectivity index (χ0v) is 19.5. The van der Waals surface area contributed by atoms with E-state index in [2.05, 4.69) is 26.3 Å². The molecule has 0 atom stereocenters. The number of pyridine rings is 1. The summed E-state index contributed by atoms with van der Waals surface area (Å²) in [5, 5.41) is 22.5. The number of hydrogen-bond acceptors (Lipinski definition) is 5.